The van der Waals surface area contributed by atoms with E-state index < -0.39 is 0 Å². The Labute approximate surface area is 96.8 Å². The normalized spacial score (nSPS) is 27.9. The Hall–Kier alpha value is -0.900. The van der Waals surface area contributed by atoms with E-state index in [2.05, 4.69) is 36.2 Å². The molecule has 1 aromatic rings. The van der Waals surface area contributed by atoms with Crippen LogP contribution in [0.4, 0.5) is 0 Å². The number of rotatable bonds is 3. The molecule has 0 bridgehead atoms. The van der Waals surface area contributed by atoms with Crippen LogP contribution in [0.15, 0.2) is 4.52 Å². The number of nitrogens with zero attached hydrogens (tertiary/aromatic N) is 2. The minimum Gasteiger partial charge on any atom is -0.337 e. The second-order valence-corrected chi connectivity index (χ2v) is 4.98. The van der Waals surface area contributed by atoms with Crippen molar-refractivity contribution in [3.8, 4) is 0 Å². The second kappa shape index (κ2) is 4.53. The summed E-state index contributed by atoms with van der Waals surface area (Å²) in [6, 6.07) is 0. The molecular formula is C12H21N3O. The van der Waals surface area contributed by atoms with E-state index in [1.54, 1.807) is 0 Å². The molecule has 16 heavy (non-hydrogen) atoms. The summed E-state index contributed by atoms with van der Waals surface area (Å²) in [5, 5.41) is 7.57. The van der Waals surface area contributed by atoms with Crippen molar-refractivity contribution >= 4 is 0 Å². The second-order valence-electron chi connectivity index (χ2n) is 4.98. The molecule has 1 N–H and O–H groups in total. The minimum atomic E-state index is -0.114. The summed E-state index contributed by atoms with van der Waals surface area (Å²) in [6.07, 6.45) is 4.59. The van der Waals surface area contributed by atoms with Crippen molar-refractivity contribution in [1.82, 2.24) is 15.5 Å². The van der Waals surface area contributed by atoms with Crippen LogP contribution in [0.1, 0.15) is 64.1 Å². The SMILES string of the molecule is CCC(C)c1noc(C2(C)CCCCN2)n1. The summed E-state index contributed by atoms with van der Waals surface area (Å²) < 4.78 is 5.41. The zero-order valence-corrected chi connectivity index (χ0v) is 10.4. The van der Waals surface area contributed by atoms with Crippen molar-refractivity contribution in [2.45, 2.75) is 57.9 Å². The van der Waals surface area contributed by atoms with E-state index in [0.717, 1.165) is 31.1 Å². The lowest BCUT2D eigenvalue weighted by atomic mass is 9.91. The smallest absolute Gasteiger partial charge is 0.246 e. The van der Waals surface area contributed by atoms with Gasteiger partial charge in [0.05, 0.1) is 5.54 Å². The van der Waals surface area contributed by atoms with Crippen LogP contribution in [0.2, 0.25) is 0 Å². The highest BCUT2D eigenvalue weighted by molar-refractivity contribution is 5.04. The third-order valence-corrected chi connectivity index (χ3v) is 3.59. The number of nitrogens with one attached hydrogen (secondary N) is 1. The molecule has 2 rings (SSSR count). The Morgan fingerprint density at radius 3 is 2.94 bits per heavy atom. The van der Waals surface area contributed by atoms with Crippen molar-refractivity contribution in [1.29, 1.82) is 0 Å². The van der Waals surface area contributed by atoms with E-state index in [-0.39, 0.29) is 5.54 Å². The van der Waals surface area contributed by atoms with Gasteiger partial charge in [0, 0.05) is 5.92 Å². The Kier molecular flexibility index (Phi) is 3.28. The first-order chi connectivity index (χ1) is 7.65. The molecule has 0 amide bonds. The summed E-state index contributed by atoms with van der Waals surface area (Å²) >= 11 is 0. The fourth-order valence-electron chi connectivity index (χ4n) is 2.08. The summed E-state index contributed by atoms with van der Waals surface area (Å²) in [7, 11) is 0. The Balaban J connectivity index is 2.17. The molecule has 0 saturated carbocycles. The lowest BCUT2D eigenvalue weighted by molar-refractivity contribution is 0.206. The predicted octanol–water partition coefficient (Wildman–Crippen LogP) is 2.57. The maximum atomic E-state index is 5.41. The molecule has 0 spiro atoms. The van der Waals surface area contributed by atoms with Gasteiger partial charge in [0.25, 0.3) is 0 Å². The molecule has 1 aliphatic rings. The largest absolute Gasteiger partial charge is 0.337 e. The van der Waals surface area contributed by atoms with Gasteiger partial charge in [-0.2, -0.15) is 4.98 Å². The lowest BCUT2D eigenvalue weighted by Crippen LogP contribution is -2.43. The zero-order valence-electron chi connectivity index (χ0n) is 10.4. The molecule has 90 valence electrons. The number of hydrogen-bond donors (Lipinski definition) is 1. The van der Waals surface area contributed by atoms with Crippen LogP contribution in [0.3, 0.4) is 0 Å². The van der Waals surface area contributed by atoms with Crippen molar-refractivity contribution in [2.24, 2.45) is 0 Å². The number of piperidine rings is 1. The molecule has 4 heteroatoms. The number of aromatic nitrogens is 2. The quantitative estimate of drug-likeness (QED) is 0.855. The van der Waals surface area contributed by atoms with Gasteiger partial charge in [-0.25, -0.2) is 0 Å². The van der Waals surface area contributed by atoms with Crippen molar-refractivity contribution < 1.29 is 4.52 Å². The molecule has 2 unspecified atom stereocenters. The molecule has 4 nitrogen and oxygen atoms in total. The Morgan fingerprint density at radius 1 is 1.50 bits per heavy atom. The van der Waals surface area contributed by atoms with Gasteiger partial charge in [0.2, 0.25) is 5.89 Å². The molecule has 1 aromatic heterocycles. The summed E-state index contributed by atoms with van der Waals surface area (Å²) in [6.45, 7) is 7.46. The van der Waals surface area contributed by atoms with Crippen molar-refractivity contribution in [3.05, 3.63) is 11.7 Å². The van der Waals surface area contributed by atoms with E-state index in [9.17, 15) is 0 Å². The van der Waals surface area contributed by atoms with E-state index in [4.69, 9.17) is 4.52 Å². The highest BCUT2D eigenvalue weighted by Gasteiger charge is 2.34. The third kappa shape index (κ3) is 2.12. The van der Waals surface area contributed by atoms with Crippen LogP contribution in [0.25, 0.3) is 0 Å². The topological polar surface area (TPSA) is 51.0 Å². The first-order valence-electron chi connectivity index (χ1n) is 6.25. The van der Waals surface area contributed by atoms with Crippen molar-refractivity contribution in [3.63, 3.8) is 0 Å². The molecule has 0 radical (unpaired) electrons. The Bertz CT molecular complexity index is 342. The molecule has 2 atom stereocenters. The summed E-state index contributed by atoms with van der Waals surface area (Å²) in [5.74, 6) is 1.97. The minimum absolute atomic E-state index is 0.114. The van der Waals surface area contributed by atoms with E-state index in [0.29, 0.717) is 5.92 Å². The van der Waals surface area contributed by atoms with E-state index >= 15 is 0 Å². The predicted molar refractivity (Wildman–Crippen MR) is 62.2 cm³/mol. The molecule has 0 aliphatic carbocycles. The molecule has 2 heterocycles. The monoisotopic (exact) mass is 223 g/mol. The van der Waals surface area contributed by atoms with Gasteiger partial charge in [0.15, 0.2) is 5.82 Å². The average Bonchev–Trinajstić information content (AvgIpc) is 2.79. The van der Waals surface area contributed by atoms with Crippen LogP contribution in [0, 0.1) is 0 Å². The highest BCUT2D eigenvalue weighted by atomic mass is 16.5. The molecular weight excluding hydrogens is 202 g/mol. The van der Waals surface area contributed by atoms with Gasteiger partial charge in [-0.15, -0.1) is 0 Å². The summed E-state index contributed by atoms with van der Waals surface area (Å²) in [5.41, 5.74) is -0.114. The average molecular weight is 223 g/mol. The molecule has 1 fully saturated rings. The highest BCUT2D eigenvalue weighted by Crippen LogP contribution is 2.29. The van der Waals surface area contributed by atoms with Gasteiger partial charge in [-0.3, -0.25) is 0 Å². The first kappa shape index (κ1) is 11.6. The third-order valence-electron chi connectivity index (χ3n) is 3.59. The Morgan fingerprint density at radius 2 is 2.31 bits per heavy atom. The van der Waals surface area contributed by atoms with Gasteiger partial charge in [0.1, 0.15) is 0 Å². The van der Waals surface area contributed by atoms with Gasteiger partial charge in [-0.1, -0.05) is 19.0 Å². The van der Waals surface area contributed by atoms with Gasteiger partial charge in [-0.05, 0) is 39.2 Å². The van der Waals surface area contributed by atoms with Crippen LogP contribution >= 0.6 is 0 Å². The van der Waals surface area contributed by atoms with Crippen LogP contribution in [-0.4, -0.2) is 16.7 Å². The molecule has 1 saturated heterocycles. The fraction of sp³-hybridized carbons (Fsp3) is 0.833. The standard InChI is InChI=1S/C12H21N3O/c1-4-9(2)10-14-11(16-15-10)12(3)7-5-6-8-13-12/h9,13H,4-8H2,1-3H3. The van der Waals surface area contributed by atoms with Crippen LogP contribution in [-0.2, 0) is 5.54 Å². The maximum absolute atomic E-state index is 5.41. The van der Waals surface area contributed by atoms with Crippen LogP contribution < -0.4 is 5.32 Å². The summed E-state index contributed by atoms with van der Waals surface area (Å²) in [4.78, 5) is 4.54. The van der Waals surface area contributed by atoms with E-state index in [1.165, 1.54) is 12.8 Å². The van der Waals surface area contributed by atoms with Crippen molar-refractivity contribution in [2.75, 3.05) is 6.54 Å². The fourth-order valence-corrected chi connectivity index (χ4v) is 2.08. The van der Waals surface area contributed by atoms with Gasteiger partial charge >= 0.3 is 0 Å². The molecule has 0 aromatic carbocycles. The van der Waals surface area contributed by atoms with Gasteiger partial charge < -0.3 is 9.84 Å². The molecule has 1 aliphatic heterocycles. The van der Waals surface area contributed by atoms with E-state index in [1.807, 2.05) is 0 Å². The maximum Gasteiger partial charge on any atom is 0.246 e. The van der Waals surface area contributed by atoms with Crippen LogP contribution in [0.5, 0.6) is 0 Å². The number of hydrogen-bond acceptors (Lipinski definition) is 4. The zero-order chi connectivity index (χ0) is 11.6. The first-order valence-corrected chi connectivity index (χ1v) is 6.25. The lowest BCUT2D eigenvalue weighted by Gasteiger charge is -2.31.